The van der Waals surface area contributed by atoms with Crippen molar-refractivity contribution in [2.24, 2.45) is 0 Å². The van der Waals surface area contributed by atoms with Gasteiger partial charge in [0.1, 0.15) is 6.73 Å². The minimum Gasteiger partial charge on any atom is -0.368 e. The van der Waals surface area contributed by atoms with Crippen molar-refractivity contribution in [2.75, 3.05) is 0 Å². The third-order valence-electron chi connectivity index (χ3n) is 1.02. The van der Waals surface area contributed by atoms with Gasteiger partial charge in [0, 0.05) is 12.4 Å². The molecule has 0 aliphatic rings. The highest BCUT2D eigenvalue weighted by atomic mass is 16.6. The molecular weight excluding hydrogens is 132 g/mol. The minimum absolute atomic E-state index is 0.345. The maximum atomic E-state index is 8.70. The van der Waals surface area contributed by atoms with E-state index in [4.69, 9.17) is 9.84 Å². The summed E-state index contributed by atoms with van der Waals surface area (Å²) in [5, 5.41) is 8.70. The SMILES string of the molecule is CC(O)OCn1ccnc1. The maximum Gasteiger partial charge on any atom is 0.154 e. The van der Waals surface area contributed by atoms with Crippen LogP contribution in [0.2, 0.25) is 0 Å². The molecule has 4 nitrogen and oxygen atoms in total. The van der Waals surface area contributed by atoms with Gasteiger partial charge in [-0.05, 0) is 6.92 Å². The maximum absolute atomic E-state index is 8.70. The van der Waals surface area contributed by atoms with Crippen LogP contribution >= 0.6 is 0 Å². The van der Waals surface area contributed by atoms with Crippen LogP contribution in [0.15, 0.2) is 18.7 Å². The zero-order valence-corrected chi connectivity index (χ0v) is 5.77. The standard InChI is InChI=1S/C6H10N2O2/c1-6(9)10-5-8-3-2-7-4-8/h2-4,6,9H,5H2,1H3. The van der Waals surface area contributed by atoms with Gasteiger partial charge in [-0.3, -0.25) is 0 Å². The van der Waals surface area contributed by atoms with E-state index in [0.717, 1.165) is 0 Å². The highest BCUT2D eigenvalue weighted by molar-refractivity contribution is 4.71. The number of ether oxygens (including phenoxy) is 1. The van der Waals surface area contributed by atoms with Crippen molar-refractivity contribution in [1.29, 1.82) is 0 Å². The van der Waals surface area contributed by atoms with Gasteiger partial charge in [0.25, 0.3) is 0 Å². The lowest BCUT2D eigenvalue weighted by molar-refractivity contribution is -0.112. The van der Waals surface area contributed by atoms with E-state index in [-0.39, 0.29) is 0 Å². The fourth-order valence-electron chi connectivity index (χ4n) is 0.557. The van der Waals surface area contributed by atoms with Gasteiger partial charge in [0.2, 0.25) is 0 Å². The number of aliphatic hydroxyl groups is 1. The van der Waals surface area contributed by atoms with Crippen LogP contribution in [0, 0.1) is 0 Å². The molecule has 0 spiro atoms. The van der Waals surface area contributed by atoms with Crippen LogP contribution in [0.5, 0.6) is 0 Å². The van der Waals surface area contributed by atoms with Gasteiger partial charge in [-0.25, -0.2) is 4.98 Å². The van der Waals surface area contributed by atoms with Gasteiger partial charge in [-0.1, -0.05) is 0 Å². The van der Waals surface area contributed by atoms with Crippen molar-refractivity contribution in [1.82, 2.24) is 9.55 Å². The fourth-order valence-corrected chi connectivity index (χ4v) is 0.557. The number of hydrogen-bond donors (Lipinski definition) is 1. The quantitative estimate of drug-likeness (QED) is 0.613. The zero-order chi connectivity index (χ0) is 7.40. The topological polar surface area (TPSA) is 47.3 Å². The first-order valence-corrected chi connectivity index (χ1v) is 3.04. The largest absolute Gasteiger partial charge is 0.368 e. The van der Waals surface area contributed by atoms with Crippen LogP contribution in [0.4, 0.5) is 0 Å². The van der Waals surface area contributed by atoms with Crippen LogP contribution in [0.25, 0.3) is 0 Å². The molecule has 0 aromatic carbocycles. The number of nitrogens with zero attached hydrogens (tertiary/aromatic N) is 2. The third-order valence-corrected chi connectivity index (χ3v) is 1.02. The second-order valence-corrected chi connectivity index (χ2v) is 1.97. The van der Waals surface area contributed by atoms with E-state index >= 15 is 0 Å². The molecule has 56 valence electrons. The summed E-state index contributed by atoms with van der Waals surface area (Å²) in [6.45, 7) is 1.91. The van der Waals surface area contributed by atoms with E-state index in [2.05, 4.69) is 4.98 Å². The Morgan fingerprint density at radius 2 is 2.60 bits per heavy atom. The lowest BCUT2D eigenvalue weighted by Gasteiger charge is -2.05. The first kappa shape index (κ1) is 7.24. The number of imidazole rings is 1. The van der Waals surface area contributed by atoms with Gasteiger partial charge < -0.3 is 14.4 Å². The summed E-state index contributed by atoms with van der Waals surface area (Å²) >= 11 is 0. The van der Waals surface area contributed by atoms with Crippen LogP contribution in [-0.4, -0.2) is 20.9 Å². The summed E-state index contributed by atoms with van der Waals surface area (Å²) in [5.74, 6) is 0. The predicted octanol–water partition coefficient (Wildman–Crippen LogP) is 0.195. The Hall–Kier alpha value is -0.870. The van der Waals surface area contributed by atoms with Gasteiger partial charge in [-0.15, -0.1) is 0 Å². The van der Waals surface area contributed by atoms with E-state index in [9.17, 15) is 0 Å². The Bertz CT molecular complexity index is 172. The van der Waals surface area contributed by atoms with Gasteiger partial charge in [0.05, 0.1) is 6.33 Å². The molecule has 1 aromatic heterocycles. The molecule has 0 aliphatic carbocycles. The average molecular weight is 142 g/mol. The zero-order valence-electron chi connectivity index (χ0n) is 5.77. The summed E-state index contributed by atoms with van der Waals surface area (Å²) in [6, 6.07) is 0. The van der Waals surface area contributed by atoms with Crippen molar-refractivity contribution in [3.8, 4) is 0 Å². The number of rotatable bonds is 3. The van der Waals surface area contributed by atoms with Crippen LogP contribution < -0.4 is 0 Å². The summed E-state index contributed by atoms with van der Waals surface area (Å²) in [4.78, 5) is 3.80. The summed E-state index contributed by atoms with van der Waals surface area (Å²) in [5.41, 5.74) is 0. The first-order chi connectivity index (χ1) is 4.79. The van der Waals surface area contributed by atoms with E-state index in [1.54, 1.807) is 30.2 Å². The second kappa shape index (κ2) is 3.34. The highest BCUT2D eigenvalue weighted by Crippen LogP contribution is 1.90. The van der Waals surface area contributed by atoms with E-state index in [1.165, 1.54) is 0 Å². The lowest BCUT2D eigenvalue weighted by Crippen LogP contribution is -2.09. The van der Waals surface area contributed by atoms with Crippen molar-refractivity contribution in [3.05, 3.63) is 18.7 Å². The molecule has 0 bridgehead atoms. The van der Waals surface area contributed by atoms with Gasteiger partial charge in [-0.2, -0.15) is 0 Å². The molecular formula is C6H10N2O2. The molecule has 0 radical (unpaired) electrons. The average Bonchev–Trinajstić information content (AvgIpc) is 2.34. The van der Waals surface area contributed by atoms with Crippen molar-refractivity contribution in [3.63, 3.8) is 0 Å². The highest BCUT2D eigenvalue weighted by Gasteiger charge is 1.93. The number of aliphatic hydroxyl groups excluding tert-OH is 1. The molecule has 0 fully saturated rings. The Labute approximate surface area is 59.1 Å². The van der Waals surface area contributed by atoms with Crippen molar-refractivity contribution >= 4 is 0 Å². The summed E-state index contributed by atoms with van der Waals surface area (Å²) in [6.07, 6.45) is 4.33. The molecule has 1 unspecified atom stereocenters. The monoisotopic (exact) mass is 142 g/mol. The fraction of sp³-hybridized carbons (Fsp3) is 0.500. The molecule has 1 rings (SSSR count). The second-order valence-electron chi connectivity index (χ2n) is 1.97. The van der Waals surface area contributed by atoms with Crippen molar-refractivity contribution < 1.29 is 9.84 Å². The van der Waals surface area contributed by atoms with Crippen LogP contribution in [0.1, 0.15) is 6.92 Å². The normalized spacial score (nSPS) is 13.4. The minimum atomic E-state index is -0.720. The molecule has 0 amide bonds. The molecule has 1 atom stereocenters. The first-order valence-electron chi connectivity index (χ1n) is 3.04. The Morgan fingerprint density at radius 3 is 3.10 bits per heavy atom. The van der Waals surface area contributed by atoms with Crippen LogP contribution in [0.3, 0.4) is 0 Å². The number of hydrogen-bond acceptors (Lipinski definition) is 3. The van der Waals surface area contributed by atoms with E-state index in [1.807, 2.05) is 0 Å². The predicted molar refractivity (Wildman–Crippen MR) is 35.0 cm³/mol. The molecule has 0 aliphatic heterocycles. The molecule has 0 saturated heterocycles. The number of aromatic nitrogens is 2. The smallest absolute Gasteiger partial charge is 0.154 e. The lowest BCUT2D eigenvalue weighted by atomic mass is 10.8. The Morgan fingerprint density at radius 1 is 1.80 bits per heavy atom. The Balaban J connectivity index is 2.28. The summed E-state index contributed by atoms with van der Waals surface area (Å²) in [7, 11) is 0. The molecule has 1 aromatic rings. The third kappa shape index (κ3) is 2.16. The van der Waals surface area contributed by atoms with E-state index in [0.29, 0.717) is 6.73 Å². The molecule has 4 heteroatoms. The molecule has 1 N–H and O–H groups in total. The Kier molecular flexibility index (Phi) is 2.42. The van der Waals surface area contributed by atoms with E-state index < -0.39 is 6.29 Å². The summed E-state index contributed by atoms with van der Waals surface area (Å²) < 4.78 is 6.59. The van der Waals surface area contributed by atoms with Gasteiger partial charge >= 0.3 is 0 Å². The molecule has 1 heterocycles. The van der Waals surface area contributed by atoms with Gasteiger partial charge in [0.15, 0.2) is 6.29 Å². The van der Waals surface area contributed by atoms with Crippen molar-refractivity contribution in [2.45, 2.75) is 19.9 Å². The molecule has 0 saturated carbocycles. The molecule has 10 heavy (non-hydrogen) atoms. The van der Waals surface area contributed by atoms with Crippen LogP contribution in [-0.2, 0) is 11.5 Å².